The molecule has 0 spiro atoms. The number of aromatic nitrogens is 2. The van der Waals surface area contributed by atoms with Gasteiger partial charge in [-0.05, 0) is 55.3 Å². The molecule has 164 valence electrons. The number of hydrogen-bond acceptors (Lipinski definition) is 3. The molecular formula is C26H26ClN3O2. The molecular weight excluding hydrogens is 422 g/mol. The summed E-state index contributed by atoms with van der Waals surface area (Å²) in [5, 5.41) is 3.41. The second-order valence-electron chi connectivity index (χ2n) is 7.67. The average Bonchev–Trinajstić information content (AvgIpc) is 3.14. The van der Waals surface area contributed by atoms with Crippen molar-refractivity contribution in [3.8, 4) is 5.75 Å². The largest absolute Gasteiger partial charge is 0.492 e. The van der Waals surface area contributed by atoms with Gasteiger partial charge in [0.25, 0.3) is 5.91 Å². The molecule has 4 rings (SSSR count). The molecule has 32 heavy (non-hydrogen) atoms. The Morgan fingerprint density at radius 3 is 2.72 bits per heavy atom. The van der Waals surface area contributed by atoms with Crippen LogP contribution in [0.25, 0.3) is 11.0 Å². The van der Waals surface area contributed by atoms with Crippen molar-refractivity contribution in [2.24, 2.45) is 0 Å². The summed E-state index contributed by atoms with van der Waals surface area (Å²) in [6.07, 6.45) is 1.53. The minimum absolute atomic E-state index is 0.157. The molecule has 0 saturated heterocycles. The van der Waals surface area contributed by atoms with Gasteiger partial charge in [0.2, 0.25) is 0 Å². The first-order chi connectivity index (χ1) is 15.6. The number of imidazole rings is 1. The van der Waals surface area contributed by atoms with Crippen LogP contribution < -0.4 is 10.1 Å². The molecule has 1 heterocycles. The molecule has 1 aromatic heterocycles. The van der Waals surface area contributed by atoms with Crippen LogP contribution in [0, 0.1) is 6.92 Å². The standard InChI is InChI=1S/C26H26ClN3O2/c1-19-8-6-9-20(18-19)32-17-16-30-24-13-5-4-12-23(24)29-25(30)14-7-15-28-26(31)21-10-2-3-11-22(21)27/h2-6,8-13,18H,7,14-17H2,1H3,(H,28,31). The highest BCUT2D eigenvalue weighted by atomic mass is 35.5. The van der Waals surface area contributed by atoms with Gasteiger partial charge in [-0.15, -0.1) is 0 Å². The highest BCUT2D eigenvalue weighted by Gasteiger charge is 2.12. The van der Waals surface area contributed by atoms with E-state index in [1.807, 2.05) is 48.5 Å². The predicted octanol–water partition coefficient (Wildman–Crippen LogP) is 5.44. The minimum Gasteiger partial charge on any atom is -0.492 e. The van der Waals surface area contributed by atoms with Gasteiger partial charge in [0.15, 0.2) is 0 Å². The quantitative estimate of drug-likeness (QED) is 0.347. The molecule has 0 saturated carbocycles. The molecule has 0 fully saturated rings. The number of amides is 1. The summed E-state index contributed by atoms with van der Waals surface area (Å²) in [6.45, 7) is 3.86. The first-order valence-corrected chi connectivity index (χ1v) is 11.2. The van der Waals surface area contributed by atoms with Crippen LogP contribution in [0.2, 0.25) is 5.02 Å². The maximum atomic E-state index is 12.4. The van der Waals surface area contributed by atoms with Crippen LogP contribution in [0.3, 0.4) is 0 Å². The number of para-hydroxylation sites is 2. The molecule has 0 aliphatic rings. The van der Waals surface area contributed by atoms with Crippen molar-refractivity contribution in [2.45, 2.75) is 26.3 Å². The molecule has 5 nitrogen and oxygen atoms in total. The lowest BCUT2D eigenvalue weighted by molar-refractivity contribution is 0.0953. The van der Waals surface area contributed by atoms with Gasteiger partial charge < -0.3 is 14.6 Å². The van der Waals surface area contributed by atoms with Crippen molar-refractivity contribution in [1.82, 2.24) is 14.9 Å². The summed E-state index contributed by atoms with van der Waals surface area (Å²) in [4.78, 5) is 17.2. The second kappa shape index (κ2) is 10.3. The van der Waals surface area contributed by atoms with Crippen LogP contribution in [0.1, 0.15) is 28.2 Å². The third kappa shape index (κ3) is 5.29. The first kappa shape index (κ1) is 21.9. The molecule has 6 heteroatoms. The fourth-order valence-electron chi connectivity index (χ4n) is 3.71. The zero-order valence-corrected chi connectivity index (χ0v) is 18.8. The summed E-state index contributed by atoms with van der Waals surface area (Å²) in [5.41, 5.74) is 3.73. The van der Waals surface area contributed by atoms with Gasteiger partial charge in [0.1, 0.15) is 18.2 Å². The van der Waals surface area contributed by atoms with Gasteiger partial charge in [-0.2, -0.15) is 0 Å². The highest BCUT2D eigenvalue weighted by molar-refractivity contribution is 6.33. The third-order valence-corrected chi connectivity index (χ3v) is 5.62. The molecule has 0 atom stereocenters. The van der Waals surface area contributed by atoms with E-state index in [0.717, 1.165) is 35.4 Å². The number of halogens is 1. The van der Waals surface area contributed by atoms with E-state index in [2.05, 4.69) is 28.9 Å². The van der Waals surface area contributed by atoms with Crippen LogP contribution in [0.4, 0.5) is 0 Å². The molecule has 0 bridgehead atoms. The number of ether oxygens (including phenoxy) is 1. The molecule has 1 amide bonds. The van der Waals surface area contributed by atoms with Gasteiger partial charge >= 0.3 is 0 Å². The summed E-state index contributed by atoms with van der Waals surface area (Å²) >= 11 is 6.11. The van der Waals surface area contributed by atoms with Crippen LogP contribution in [-0.2, 0) is 13.0 Å². The summed E-state index contributed by atoms with van der Waals surface area (Å²) in [7, 11) is 0. The van der Waals surface area contributed by atoms with E-state index < -0.39 is 0 Å². The topological polar surface area (TPSA) is 56.1 Å². The zero-order valence-electron chi connectivity index (χ0n) is 18.1. The van der Waals surface area contributed by atoms with E-state index >= 15 is 0 Å². The zero-order chi connectivity index (χ0) is 22.3. The Morgan fingerprint density at radius 2 is 1.88 bits per heavy atom. The van der Waals surface area contributed by atoms with E-state index in [4.69, 9.17) is 21.3 Å². The Kier molecular flexibility index (Phi) is 7.07. The van der Waals surface area contributed by atoms with Crippen molar-refractivity contribution >= 4 is 28.5 Å². The van der Waals surface area contributed by atoms with Crippen LogP contribution in [0.15, 0.2) is 72.8 Å². The van der Waals surface area contributed by atoms with Gasteiger partial charge in [-0.1, -0.05) is 48.0 Å². The highest BCUT2D eigenvalue weighted by Crippen LogP contribution is 2.18. The fourth-order valence-corrected chi connectivity index (χ4v) is 3.94. The van der Waals surface area contributed by atoms with Gasteiger partial charge in [0.05, 0.1) is 28.2 Å². The number of rotatable bonds is 9. The number of fused-ring (bicyclic) bond motifs is 1. The van der Waals surface area contributed by atoms with Crippen molar-refractivity contribution in [3.05, 3.63) is 94.8 Å². The fraction of sp³-hybridized carbons (Fsp3) is 0.231. The molecule has 4 aromatic rings. The molecule has 1 N–H and O–H groups in total. The Bertz CT molecular complexity index is 1220. The normalized spacial score (nSPS) is 10.9. The number of carbonyl (C=O) groups excluding carboxylic acids is 1. The van der Waals surface area contributed by atoms with Crippen LogP contribution in [0.5, 0.6) is 5.75 Å². The summed E-state index contributed by atoms with van der Waals surface area (Å²) < 4.78 is 8.17. The van der Waals surface area contributed by atoms with E-state index in [1.165, 1.54) is 5.56 Å². The van der Waals surface area contributed by atoms with Crippen LogP contribution in [-0.4, -0.2) is 28.6 Å². The lowest BCUT2D eigenvalue weighted by Gasteiger charge is -2.12. The van der Waals surface area contributed by atoms with Crippen molar-refractivity contribution in [3.63, 3.8) is 0 Å². The monoisotopic (exact) mass is 447 g/mol. The van der Waals surface area contributed by atoms with Crippen molar-refractivity contribution in [1.29, 1.82) is 0 Å². The Hall–Kier alpha value is -3.31. The molecule has 0 aliphatic heterocycles. The maximum Gasteiger partial charge on any atom is 0.252 e. The molecule has 0 aliphatic carbocycles. The SMILES string of the molecule is Cc1cccc(OCCn2c(CCCNC(=O)c3ccccc3Cl)nc3ccccc32)c1. The lowest BCUT2D eigenvalue weighted by atomic mass is 10.2. The van der Waals surface area contributed by atoms with E-state index in [9.17, 15) is 4.79 Å². The van der Waals surface area contributed by atoms with Crippen molar-refractivity contribution in [2.75, 3.05) is 13.2 Å². The lowest BCUT2D eigenvalue weighted by Crippen LogP contribution is -2.25. The number of aryl methyl sites for hydroxylation is 2. The Morgan fingerprint density at radius 1 is 1.06 bits per heavy atom. The molecule has 3 aromatic carbocycles. The number of carbonyl (C=O) groups is 1. The van der Waals surface area contributed by atoms with Gasteiger partial charge in [-0.25, -0.2) is 4.98 Å². The number of benzene rings is 3. The first-order valence-electron chi connectivity index (χ1n) is 10.8. The maximum absolute atomic E-state index is 12.4. The third-order valence-electron chi connectivity index (χ3n) is 5.29. The van der Waals surface area contributed by atoms with Crippen LogP contribution >= 0.6 is 11.6 Å². The second-order valence-corrected chi connectivity index (χ2v) is 8.08. The predicted molar refractivity (Wildman–Crippen MR) is 129 cm³/mol. The minimum atomic E-state index is -0.157. The van der Waals surface area contributed by atoms with Gasteiger partial charge in [-0.3, -0.25) is 4.79 Å². The average molecular weight is 448 g/mol. The van der Waals surface area contributed by atoms with Gasteiger partial charge in [0, 0.05) is 13.0 Å². The smallest absolute Gasteiger partial charge is 0.252 e. The van der Waals surface area contributed by atoms with E-state index in [1.54, 1.807) is 12.1 Å². The Labute approximate surface area is 193 Å². The summed E-state index contributed by atoms with van der Waals surface area (Å²) in [6, 6.07) is 23.3. The van der Waals surface area contributed by atoms with E-state index in [-0.39, 0.29) is 5.91 Å². The molecule has 0 radical (unpaired) electrons. The molecule has 0 unspecified atom stereocenters. The summed E-state index contributed by atoms with van der Waals surface area (Å²) in [5.74, 6) is 1.71. The van der Waals surface area contributed by atoms with E-state index in [0.29, 0.717) is 30.3 Å². The number of hydrogen-bond donors (Lipinski definition) is 1. The Balaban J connectivity index is 1.37. The van der Waals surface area contributed by atoms with Crippen molar-refractivity contribution < 1.29 is 9.53 Å². The number of nitrogens with one attached hydrogen (secondary N) is 1. The number of nitrogens with zero attached hydrogens (tertiary/aromatic N) is 2.